The molecule has 0 spiro atoms. The Morgan fingerprint density at radius 2 is 2.05 bits per heavy atom. The lowest BCUT2D eigenvalue weighted by Crippen LogP contribution is -2.35. The number of carbonyl (C=O) groups excluding carboxylic acids is 1. The maximum atomic E-state index is 11.4. The van der Waals surface area contributed by atoms with Crippen molar-refractivity contribution in [1.29, 1.82) is 0 Å². The Balaban J connectivity index is 1.87. The molecule has 2 N–H and O–H groups in total. The summed E-state index contributed by atoms with van der Waals surface area (Å²) >= 11 is 0. The van der Waals surface area contributed by atoms with Crippen LogP contribution in [0.4, 0.5) is 4.79 Å². The highest BCUT2D eigenvalue weighted by Gasteiger charge is 2.00. The summed E-state index contributed by atoms with van der Waals surface area (Å²) in [6.07, 6.45) is 6.33. The van der Waals surface area contributed by atoms with E-state index in [1.165, 1.54) is 0 Å². The lowest BCUT2D eigenvalue weighted by molar-refractivity contribution is 0.240. The number of amides is 2. The molecule has 0 atom stereocenters. The lowest BCUT2D eigenvalue weighted by Gasteiger charge is -2.07. The van der Waals surface area contributed by atoms with Gasteiger partial charge in [-0.1, -0.05) is 19.1 Å². The van der Waals surface area contributed by atoms with Crippen LogP contribution in [0, 0.1) is 0 Å². The molecule has 1 heterocycles. The number of carbonyl (C=O) groups is 1. The highest BCUT2D eigenvalue weighted by atomic mass is 16.2. The van der Waals surface area contributed by atoms with Crippen molar-refractivity contribution in [3.05, 3.63) is 48.5 Å². The van der Waals surface area contributed by atoms with E-state index in [1.54, 1.807) is 12.5 Å². The highest BCUT2D eigenvalue weighted by molar-refractivity contribution is 5.73. The van der Waals surface area contributed by atoms with Crippen LogP contribution in [-0.4, -0.2) is 22.1 Å². The molecular weight excluding hydrogens is 240 g/mol. The van der Waals surface area contributed by atoms with Crippen molar-refractivity contribution in [1.82, 2.24) is 20.2 Å². The van der Waals surface area contributed by atoms with Crippen molar-refractivity contribution in [2.24, 2.45) is 0 Å². The second-order valence-corrected chi connectivity index (χ2v) is 4.25. The lowest BCUT2D eigenvalue weighted by atomic mass is 10.2. The van der Waals surface area contributed by atoms with Gasteiger partial charge in [-0.25, -0.2) is 9.78 Å². The number of rotatable bonds is 5. The quantitative estimate of drug-likeness (QED) is 0.862. The first-order chi connectivity index (χ1) is 9.29. The number of hydrogen-bond acceptors (Lipinski definition) is 2. The summed E-state index contributed by atoms with van der Waals surface area (Å²) in [5, 5.41) is 5.59. The Morgan fingerprint density at radius 3 is 2.68 bits per heavy atom. The number of benzene rings is 1. The van der Waals surface area contributed by atoms with E-state index in [0.717, 1.165) is 17.7 Å². The summed E-state index contributed by atoms with van der Waals surface area (Å²) in [6, 6.07) is 7.87. The molecule has 19 heavy (non-hydrogen) atoms. The molecule has 1 aromatic carbocycles. The number of imidazole rings is 1. The Bertz CT molecular complexity index is 505. The third kappa shape index (κ3) is 3.84. The van der Waals surface area contributed by atoms with Crippen LogP contribution >= 0.6 is 0 Å². The molecule has 0 fully saturated rings. The van der Waals surface area contributed by atoms with Gasteiger partial charge < -0.3 is 15.2 Å². The minimum Gasteiger partial charge on any atom is -0.338 e. The molecular formula is C14H18N4O. The fourth-order valence-corrected chi connectivity index (χ4v) is 1.68. The predicted molar refractivity (Wildman–Crippen MR) is 74.1 cm³/mol. The summed E-state index contributed by atoms with van der Waals surface area (Å²) in [5.74, 6) is 0. The Labute approximate surface area is 112 Å². The largest absolute Gasteiger partial charge is 0.338 e. The van der Waals surface area contributed by atoms with E-state index in [0.29, 0.717) is 13.1 Å². The topological polar surface area (TPSA) is 59.0 Å². The smallest absolute Gasteiger partial charge is 0.315 e. The van der Waals surface area contributed by atoms with E-state index >= 15 is 0 Å². The highest BCUT2D eigenvalue weighted by Crippen LogP contribution is 2.08. The van der Waals surface area contributed by atoms with Crippen LogP contribution < -0.4 is 10.6 Å². The average molecular weight is 258 g/mol. The van der Waals surface area contributed by atoms with E-state index in [-0.39, 0.29) is 6.03 Å². The molecule has 0 unspecified atom stereocenters. The zero-order valence-corrected chi connectivity index (χ0v) is 11.0. The van der Waals surface area contributed by atoms with Crippen LogP contribution in [-0.2, 0) is 6.54 Å². The Morgan fingerprint density at radius 1 is 1.26 bits per heavy atom. The Hall–Kier alpha value is -2.30. The van der Waals surface area contributed by atoms with Crippen molar-refractivity contribution >= 4 is 6.03 Å². The number of nitrogens with one attached hydrogen (secondary N) is 2. The van der Waals surface area contributed by atoms with Gasteiger partial charge in [-0.05, 0) is 24.1 Å². The summed E-state index contributed by atoms with van der Waals surface area (Å²) in [6.45, 7) is 3.25. The first-order valence-electron chi connectivity index (χ1n) is 6.38. The summed E-state index contributed by atoms with van der Waals surface area (Å²) in [4.78, 5) is 15.4. The fraction of sp³-hybridized carbons (Fsp3) is 0.286. The standard InChI is InChI=1S/C14H18N4O/c1-2-7-16-14(19)17-10-12-3-5-13(6-4-12)18-9-8-15-11-18/h3-6,8-9,11H,2,7,10H2,1H3,(H2,16,17,19). The van der Waals surface area contributed by atoms with Gasteiger partial charge in [-0.2, -0.15) is 0 Å². The number of hydrogen-bond donors (Lipinski definition) is 2. The van der Waals surface area contributed by atoms with Crippen LogP contribution in [0.3, 0.4) is 0 Å². The second-order valence-electron chi connectivity index (χ2n) is 4.25. The summed E-state index contributed by atoms with van der Waals surface area (Å²) in [5.41, 5.74) is 2.12. The van der Waals surface area contributed by atoms with E-state index in [2.05, 4.69) is 15.6 Å². The van der Waals surface area contributed by atoms with Crippen LogP contribution in [0.25, 0.3) is 5.69 Å². The molecule has 2 rings (SSSR count). The third-order valence-corrected chi connectivity index (χ3v) is 2.73. The Kier molecular flexibility index (Phi) is 4.55. The molecule has 2 aromatic rings. The van der Waals surface area contributed by atoms with Crippen molar-refractivity contribution < 1.29 is 4.79 Å². The van der Waals surface area contributed by atoms with Gasteiger partial charge in [0.05, 0.1) is 6.33 Å². The molecule has 0 aliphatic rings. The molecule has 0 saturated heterocycles. The maximum Gasteiger partial charge on any atom is 0.315 e. The zero-order chi connectivity index (χ0) is 13.5. The van der Waals surface area contributed by atoms with E-state index < -0.39 is 0 Å². The summed E-state index contributed by atoms with van der Waals surface area (Å²) < 4.78 is 1.94. The predicted octanol–water partition coefficient (Wildman–Crippen LogP) is 2.08. The van der Waals surface area contributed by atoms with Crippen molar-refractivity contribution in [3.8, 4) is 5.69 Å². The van der Waals surface area contributed by atoms with Crippen molar-refractivity contribution in [3.63, 3.8) is 0 Å². The van der Waals surface area contributed by atoms with Crippen molar-refractivity contribution in [2.45, 2.75) is 19.9 Å². The van der Waals surface area contributed by atoms with Crippen LogP contribution in [0.1, 0.15) is 18.9 Å². The van der Waals surface area contributed by atoms with Crippen LogP contribution in [0.15, 0.2) is 43.0 Å². The molecule has 0 aliphatic heterocycles. The van der Waals surface area contributed by atoms with E-state index in [1.807, 2.05) is 42.0 Å². The van der Waals surface area contributed by atoms with Gasteiger partial charge in [0.25, 0.3) is 0 Å². The average Bonchev–Trinajstić information content (AvgIpc) is 2.97. The molecule has 2 amide bonds. The normalized spacial score (nSPS) is 10.2. The van der Waals surface area contributed by atoms with Gasteiger partial charge in [0.15, 0.2) is 0 Å². The molecule has 0 bridgehead atoms. The number of urea groups is 1. The minimum absolute atomic E-state index is 0.125. The van der Waals surface area contributed by atoms with Gasteiger partial charge >= 0.3 is 6.03 Å². The van der Waals surface area contributed by atoms with Crippen LogP contribution in [0.5, 0.6) is 0 Å². The molecule has 0 radical (unpaired) electrons. The first-order valence-corrected chi connectivity index (χ1v) is 6.38. The number of nitrogens with zero attached hydrogens (tertiary/aromatic N) is 2. The molecule has 5 nitrogen and oxygen atoms in total. The van der Waals surface area contributed by atoms with Gasteiger partial charge in [0.1, 0.15) is 0 Å². The minimum atomic E-state index is -0.125. The molecule has 100 valence electrons. The van der Waals surface area contributed by atoms with Gasteiger partial charge in [0.2, 0.25) is 0 Å². The fourth-order valence-electron chi connectivity index (χ4n) is 1.68. The molecule has 0 saturated carbocycles. The maximum absolute atomic E-state index is 11.4. The van der Waals surface area contributed by atoms with Gasteiger partial charge in [0, 0.05) is 31.2 Å². The van der Waals surface area contributed by atoms with E-state index in [9.17, 15) is 4.79 Å². The zero-order valence-electron chi connectivity index (χ0n) is 11.0. The molecule has 0 aliphatic carbocycles. The molecule has 5 heteroatoms. The second kappa shape index (κ2) is 6.58. The molecule has 1 aromatic heterocycles. The number of aromatic nitrogens is 2. The SMILES string of the molecule is CCCNC(=O)NCc1ccc(-n2ccnc2)cc1. The monoisotopic (exact) mass is 258 g/mol. The first kappa shape index (κ1) is 13.1. The van der Waals surface area contributed by atoms with Gasteiger partial charge in [-0.3, -0.25) is 0 Å². The van der Waals surface area contributed by atoms with Gasteiger partial charge in [-0.15, -0.1) is 0 Å². The third-order valence-electron chi connectivity index (χ3n) is 2.73. The van der Waals surface area contributed by atoms with Crippen LogP contribution in [0.2, 0.25) is 0 Å². The van der Waals surface area contributed by atoms with E-state index in [4.69, 9.17) is 0 Å². The summed E-state index contributed by atoms with van der Waals surface area (Å²) in [7, 11) is 0. The van der Waals surface area contributed by atoms with Crippen molar-refractivity contribution in [2.75, 3.05) is 6.54 Å².